The summed E-state index contributed by atoms with van der Waals surface area (Å²) in [5, 5.41) is -0.932. The predicted molar refractivity (Wildman–Crippen MR) is 38.5 cm³/mol. The molecule has 0 aliphatic carbocycles. The molecule has 66 valence electrons. The molecule has 1 saturated heterocycles. The Morgan fingerprint density at radius 2 is 2.09 bits per heavy atom. The standard InChI is InChI=1S/C6H11FO3S/c1-5-2-3-6(4-10-5)11(7,8)9/h5-6H,2-4H2,1H3. The summed E-state index contributed by atoms with van der Waals surface area (Å²) in [4.78, 5) is 0. The van der Waals surface area contributed by atoms with Crippen LogP contribution in [-0.4, -0.2) is 26.4 Å². The van der Waals surface area contributed by atoms with Gasteiger partial charge in [0.05, 0.1) is 12.7 Å². The van der Waals surface area contributed by atoms with E-state index >= 15 is 0 Å². The summed E-state index contributed by atoms with van der Waals surface area (Å²) in [6.07, 6.45) is 1.06. The van der Waals surface area contributed by atoms with E-state index in [0.29, 0.717) is 12.8 Å². The number of rotatable bonds is 1. The van der Waals surface area contributed by atoms with Crippen molar-refractivity contribution in [1.29, 1.82) is 0 Å². The fourth-order valence-corrected chi connectivity index (χ4v) is 1.74. The Kier molecular flexibility index (Phi) is 2.49. The smallest absolute Gasteiger partial charge is 0.307 e. The monoisotopic (exact) mass is 182 g/mol. The van der Waals surface area contributed by atoms with Gasteiger partial charge in [0, 0.05) is 0 Å². The van der Waals surface area contributed by atoms with E-state index in [-0.39, 0.29) is 12.7 Å². The normalized spacial score (nSPS) is 33.6. The second-order valence-electron chi connectivity index (χ2n) is 2.82. The third-order valence-electron chi connectivity index (χ3n) is 1.86. The topological polar surface area (TPSA) is 43.4 Å². The van der Waals surface area contributed by atoms with Crippen molar-refractivity contribution in [3.8, 4) is 0 Å². The molecule has 0 radical (unpaired) electrons. The van der Waals surface area contributed by atoms with Crippen molar-refractivity contribution in [2.45, 2.75) is 31.1 Å². The fourth-order valence-electron chi connectivity index (χ4n) is 1.08. The SMILES string of the molecule is CC1CCC(S(=O)(=O)F)CO1. The zero-order chi connectivity index (χ0) is 8.48. The summed E-state index contributed by atoms with van der Waals surface area (Å²) < 4.78 is 38.0. The van der Waals surface area contributed by atoms with E-state index in [4.69, 9.17) is 4.74 Å². The average Bonchev–Trinajstić information content (AvgIpc) is 1.86. The summed E-state index contributed by atoms with van der Waals surface area (Å²) in [5.41, 5.74) is 0. The van der Waals surface area contributed by atoms with Crippen molar-refractivity contribution in [2.24, 2.45) is 0 Å². The molecule has 5 heteroatoms. The summed E-state index contributed by atoms with van der Waals surface area (Å²) >= 11 is 0. The molecule has 11 heavy (non-hydrogen) atoms. The van der Waals surface area contributed by atoms with E-state index in [9.17, 15) is 12.3 Å². The highest BCUT2D eigenvalue weighted by Crippen LogP contribution is 2.19. The first-order chi connectivity index (χ1) is 5.00. The molecule has 1 rings (SSSR count). The molecule has 0 N–H and O–H groups in total. The van der Waals surface area contributed by atoms with Crippen LogP contribution in [0.4, 0.5) is 3.89 Å². The zero-order valence-corrected chi connectivity index (χ0v) is 7.10. The first kappa shape index (κ1) is 8.93. The lowest BCUT2D eigenvalue weighted by molar-refractivity contribution is 0.0300. The molecule has 2 unspecified atom stereocenters. The fraction of sp³-hybridized carbons (Fsp3) is 1.00. The van der Waals surface area contributed by atoms with Crippen LogP contribution in [-0.2, 0) is 15.0 Å². The van der Waals surface area contributed by atoms with Gasteiger partial charge in [0.1, 0.15) is 5.25 Å². The molecule has 2 atom stereocenters. The first-order valence-corrected chi connectivity index (χ1v) is 5.00. The van der Waals surface area contributed by atoms with Crippen LogP contribution in [0.5, 0.6) is 0 Å². The predicted octanol–water partition coefficient (Wildman–Crippen LogP) is 0.853. The van der Waals surface area contributed by atoms with Gasteiger partial charge < -0.3 is 4.74 Å². The number of halogens is 1. The molecule has 3 nitrogen and oxygen atoms in total. The van der Waals surface area contributed by atoms with Crippen molar-refractivity contribution in [3.05, 3.63) is 0 Å². The molecule has 1 aliphatic heterocycles. The van der Waals surface area contributed by atoms with Gasteiger partial charge in [0.2, 0.25) is 0 Å². The van der Waals surface area contributed by atoms with Gasteiger partial charge in [-0.1, -0.05) is 0 Å². The molecule has 1 heterocycles. The van der Waals surface area contributed by atoms with Gasteiger partial charge in [0.25, 0.3) is 0 Å². The van der Waals surface area contributed by atoms with Crippen molar-refractivity contribution < 1.29 is 17.0 Å². The van der Waals surface area contributed by atoms with E-state index in [1.54, 1.807) is 0 Å². The Balaban J connectivity index is 2.53. The molecule has 0 aromatic rings. The van der Waals surface area contributed by atoms with Crippen LogP contribution in [0.1, 0.15) is 19.8 Å². The van der Waals surface area contributed by atoms with Crippen LogP contribution in [0, 0.1) is 0 Å². The Morgan fingerprint density at radius 1 is 1.45 bits per heavy atom. The summed E-state index contributed by atoms with van der Waals surface area (Å²) in [5.74, 6) is 0. The van der Waals surface area contributed by atoms with E-state index in [1.165, 1.54) is 0 Å². The summed E-state index contributed by atoms with van der Waals surface area (Å²) in [6, 6.07) is 0. The van der Waals surface area contributed by atoms with Crippen molar-refractivity contribution in [3.63, 3.8) is 0 Å². The Bertz CT molecular complexity index is 216. The van der Waals surface area contributed by atoms with Crippen molar-refractivity contribution in [1.82, 2.24) is 0 Å². The average molecular weight is 182 g/mol. The molecular weight excluding hydrogens is 171 g/mol. The first-order valence-electron chi connectivity index (χ1n) is 3.55. The molecule has 0 saturated carbocycles. The van der Waals surface area contributed by atoms with Crippen molar-refractivity contribution in [2.75, 3.05) is 6.61 Å². The van der Waals surface area contributed by atoms with Crippen LogP contribution < -0.4 is 0 Å². The van der Waals surface area contributed by atoms with Gasteiger partial charge in [-0.3, -0.25) is 0 Å². The summed E-state index contributed by atoms with van der Waals surface area (Å²) in [7, 11) is -4.37. The Morgan fingerprint density at radius 3 is 2.45 bits per heavy atom. The number of hydrogen-bond acceptors (Lipinski definition) is 3. The molecule has 1 aliphatic rings. The molecule has 0 spiro atoms. The maximum Gasteiger partial charge on any atom is 0.307 e. The molecule has 0 amide bonds. The maximum absolute atomic E-state index is 12.3. The van der Waals surface area contributed by atoms with Gasteiger partial charge >= 0.3 is 10.2 Å². The highest BCUT2D eigenvalue weighted by molar-refractivity contribution is 7.87. The van der Waals surface area contributed by atoms with Gasteiger partial charge in [0.15, 0.2) is 0 Å². The van der Waals surface area contributed by atoms with E-state index in [0.717, 1.165) is 0 Å². The quantitative estimate of drug-likeness (QED) is 0.565. The number of ether oxygens (including phenoxy) is 1. The van der Waals surface area contributed by atoms with Gasteiger partial charge in [-0.15, -0.1) is 3.89 Å². The van der Waals surface area contributed by atoms with Crippen LogP contribution >= 0.6 is 0 Å². The number of hydrogen-bond donors (Lipinski definition) is 0. The molecular formula is C6H11FO3S. The third-order valence-corrected chi connectivity index (χ3v) is 3.03. The minimum absolute atomic E-state index is 0. The lowest BCUT2D eigenvalue weighted by Gasteiger charge is -2.23. The highest BCUT2D eigenvalue weighted by atomic mass is 32.3. The molecule has 0 aromatic carbocycles. The Labute approximate surface area is 65.8 Å². The second kappa shape index (κ2) is 3.06. The van der Waals surface area contributed by atoms with Crippen molar-refractivity contribution >= 4 is 10.2 Å². The minimum Gasteiger partial charge on any atom is -0.377 e. The van der Waals surface area contributed by atoms with E-state index in [1.807, 2.05) is 6.92 Å². The van der Waals surface area contributed by atoms with Gasteiger partial charge in [-0.2, -0.15) is 8.42 Å². The minimum atomic E-state index is -4.37. The third kappa shape index (κ3) is 2.41. The van der Waals surface area contributed by atoms with Crippen LogP contribution in [0.15, 0.2) is 0 Å². The maximum atomic E-state index is 12.3. The Hall–Kier alpha value is -0.160. The molecule has 0 bridgehead atoms. The lowest BCUT2D eigenvalue weighted by Crippen LogP contribution is -2.31. The molecule has 0 aromatic heterocycles. The lowest BCUT2D eigenvalue weighted by atomic mass is 10.1. The highest BCUT2D eigenvalue weighted by Gasteiger charge is 2.29. The summed E-state index contributed by atoms with van der Waals surface area (Å²) in [6.45, 7) is 1.85. The zero-order valence-electron chi connectivity index (χ0n) is 6.29. The van der Waals surface area contributed by atoms with Gasteiger partial charge in [-0.25, -0.2) is 0 Å². The van der Waals surface area contributed by atoms with Crippen LogP contribution in [0.3, 0.4) is 0 Å². The van der Waals surface area contributed by atoms with Crippen LogP contribution in [0.25, 0.3) is 0 Å². The van der Waals surface area contributed by atoms with E-state index in [2.05, 4.69) is 0 Å². The van der Waals surface area contributed by atoms with E-state index < -0.39 is 15.5 Å². The van der Waals surface area contributed by atoms with Gasteiger partial charge in [-0.05, 0) is 19.8 Å². The second-order valence-corrected chi connectivity index (χ2v) is 4.44. The largest absolute Gasteiger partial charge is 0.377 e. The van der Waals surface area contributed by atoms with Crippen LogP contribution in [0.2, 0.25) is 0 Å². The molecule has 1 fully saturated rings.